The summed E-state index contributed by atoms with van der Waals surface area (Å²) in [4.78, 5) is 20.1. The summed E-state index contributed by atoms with van der Waals surface area (Å²) < 4.78 is 22.1. The molecule has 0 saturated heterocycles. The molecular formula is C21H18ClN3O5S. The zero-order valence-corrected chi connectivity index (χ0v) is 18.5. The van der Waals surface area contributed by atoms with Gasteiger partial charge in [-0.3, -0.25) is 0 Å². The fraction of sp³-hybridized carbons (Fsp3) is 0.238. The highest BCUT2D eigenvalue weighted by atomic mass is 35.5. The van der Waals surface area contributed by atoms with Crippen molar-refractivity contribution in [1.82, 2.24) is 15.1 Å². The first-order chi connectivity index (χ1) is 15.0. The Balaban J connectivity index is 1.59. The van der Waals surface area contributed by atoms with E-state index < -0.39 is 6.16 Å². The van der Waals surface area contributed by atoms with E-state index in [2.05, 4.69) is 15.1 Å². The minimum absolute atomic E-state index is 0.216. The Morgan fingerprint density at radius 2 is 2.10 bits per heavy atom. The van der Waals surface area contributed by atoms with Crippen LogP contribution in [0.1, 0.15) is 23.9 Å². The summed E-state index contributed by atoms with van der Waals surface area (Å²) in [5.74, 6) is 1.96. The monoisotopic (exact) mass is 459 g/mol. The fourth-order valence-corrected chi connectivity index (χ4v) is 4.24. The molecule has 4 aromatic rings. The van der Waals surface area contributed by atoms with E-state index in [4.69, 9.17) is 30.3 Å². The molecule has 31 heavy (non-hydrogen) atoms. The third-order valence-electron chi connectivity index (χ3n) is 4.39. The van der Waals surface area contributed by atoms with Crippen LogP contribution in [0.25, 0.3) is 21.5 Å². The zero-order valence-electron chi connectivity index (χ0n) is 17.0. The van der Waals surface area contributed by atoms with Crippen molar-refractivity contribution >= 4 is 39.2 Å². The van der Waals surface area contributed by atoms with Gasteiger partial charge in [0.15, 0.2) is 11.6 Å². The minimum atomic E-state index is -0.789. The maximum absolute atomic E-state index is 11.7. The molecule has 0 N–H and O–H groups in total. The van der Waals surface area contributed by atoms with E-state index in [1.54, 1.807) is 13.8 Å². The van der Waals surface area contributed by atoms with Gasteiger partial charge in [-0.15, -0.1) is 11.3 Å². The average Bonchev–Trinajstić information content (AvgIpc) is 3.37. The maximum Gasteiger partial charge on any atom is 0.513 e. The van der Waals surface area contributed by atoms with Crippen molar-refractivity contribution < 1.29 is 23.5 Å². The number of pyridine rings is 1. The van der Waals surface area contributed by atoms with Crippen LogP contribution in [0.15, 0.2) is 34.3 Å². The largest absolute Gasteiger partial charge is 0.513 e. The summed E-state index contributed by atoms with van der Waals surface area (Å²) in [5.41, 5.74) is 2.54. The number of carbonyl (C=O) groups is 1. The van der Waals surface area contributed by atoms with E-state index in [-0.39, 0.29) is 13.2 Å². The quantitative estimate of drug-likeness (QED) is 0.266. The van der Waals surface area contributed by atoms with Crippen molar-refractivity contribution in [1.29, 1.82) is 0 Å². The number of aromatic nitrogens is 3. The van der Waals surface area contributed by atoms with E-state index in [1.165, 1.54) is 17.5 Å². The van der Waals surface area contributed by atoms with Gasteiger partial charge in [0.25, 0.3) is 5.89 Å². The molecule has 0 radical (unpaired) electrons. The van der Waals surface area contributed by atoms with Crippen LogP contribution >= 0.6 is 22.9 Å². The molecule has 0 spiro atoms. The Hall–Kier alpha value is -3.17. The second-order valence-electron chi connectivity index (χ2n) is 6.58. The maximum atomic E-state index is 11.7. The van der Waals surface area contributed by atoms with Crippen LogP contribution in [0.4, 0.5) is 4.79 Å². The lowest BCUT2D eigenvalue weighted by Gasteiger charge is -2.10. The zero-order chi connectivity index (χ0) is 22.0. The van der Waals surface area contributed by atoms with Gasteiger partial charge in [0.2, 0.25) is 0 Å². The van der Waals surface area contributed by atoms with Gasteiger partial charge in [0.05, 0.1) is 17.5 Å². The average molecular weight is 460 g/mol. The summed E-state index contributed by atoms with van der Waals surface area (Å²) in [6.45, 7) is 5.88. The van der Waals surface area contributed by atoms with E-state index in [9.17, 15) is 4.79 Å². The number of carbonyl (C=O) groups excluding carboxylic acids is 1. The third-order valence-corrected chi connectivity index (χ3v) is 5.72. The topological polar surface area (TPSA) is 96.6 Å². The minimum Gasteiger partial charge on any atom is -0.489 e. The first-order valence-electron chi connectivity index (χ1n) is 9.39. The molecule has 0 amide bonds. The molecule has 3 aromatic heterocycles. The highest BCUT2D eigenvalue weighted by Crippen LogP contribution is 2.38. The molecule has 4 rings (SSSR count). The van der Waals surface area contributed by atoms with Gasteiger partial charge in [0, 0.05) is 16.5 Å². The molecule has 1 aromatic carbocycles. The van der Waals surface area contributed by atoms with E-state index >= 15 is 0 Å². The predicted octanol–water partition coefficient (Wildman–Crippen LogP) is 5.73. The van der Waals surface area contributed by atoms with Gasteiger partial charge < -0.3 is 18.7 Å². The van der Waals surface area contributed by atoms with Crippen LogP contribution in [0.2, 0.25) is 5.15 Å². The predicted molar refractivity (Wildman–Crippen MR) is 116 cm³/mol. The van der Waals surface area contributed by atoms with Gasteiger partial charge in [-0.05, 0) is 43.8 Å². The van der Waals surface area contributed by atoms with Gasteiger partial charge in [0.1, 0.15) is 17.5 Å². The molecule has 0 aliphatic heterocycles. The fourth-order valence-electron chi connectivity index (χ4n) is 2.91. The van der Waals surface area contributed by atoms with Crippen LogP contribution < -0.4 is 9.47 Å². The number of aryl methyl sites for hydroxylation is 2. The lowest BCUT2D eigenvalue weighted by Crippen LogP contribution is -2.10. The normalized spacial score (nSPS) is 11.0. The summed E-state index contributed by atoms with van der Waals surface area (Å²) in [6, 6.07) is 5.68. The second kappa shape index (κ2) is 8.91. The number of rotatable bonds is 6. The number of benzene rings is 1. The Morgan fingerprint density at radius 3 is 2.84 bits per heavy atom. The number of fused-ring (bicyclic) bond motifs is 1. The number of thiophene rings is 1. The van der Waals surface area contributed by atoms with Crippen molar-refractivity contribution in [3.05, 3.63) is 51.9 Å². The summed E-state index contributed by atoms with van der Waals surface area (Å²) in [6.07, 6.45) is 0.616. The molecule has 0 atom stereocenters. The Morgan fingerprint density at radius 1 is 1.26 bits per heavy atom. The smallest absolute Gasteiger partial charge is 0.489 e. The summed E-state index contributed by atoms with van der Waals surface area (Å²) in [7, 11) is 0. The van der Waals surface area contributed by atoms with Crippen molar-refractivity contribution in [3.63, 3.8) is 0 Å². The Kier molecular flexibility index (Phi) is 6.06. The van der Waals surface area contributed by atoms with Gasteiger partial charge >= 0.3 is 6.16 Å². The molecule has 3 heterocycles. The van der Waals surface area contributed by atoms with E-state index in [0.717, 1.165) is 16.7 Å². The number of hydrogen-bond acceptors (Lipinski definition) is 9. The highest BCUT2D eigenvalue weighted by Gasteiger charge is 2.18. The Labute approximate surface area is 186 Å². The van der Waals surface area contributed by atoms with Crippen LogP contribution in [0.3, 0.4) is 0 Å². The van der Waals surface area contributed by atoms with E-state index in [0.29, 0.717) is 38.5 Å². The van der Waals surface area contributed by atoms with Crippen molar-refractivity contribution in [2.45, 2.75) is 27.4 Å². The first kappa shape index (κ1) is 21.1. The highest BCUT2D eigenvalue weighted by molar-refractivity contribution is 7.17. The van der Waals surface area contributed by atoms with Gasteiger partial charge in [-0.2, -0.15) is 4.98 Å². The number of ether oxygens (including phenoxy) is 3. The molecule has 0 unspecified atom stereocenters. The van der Waals surface area contributed by atoms with Crippen molar-refractivity contribution in [2.75, 3.05) is 6.61 Å². The summed E-state index contributed by atoms with van der Waals surface area (Å²) in [5, 5.41) is 6.70. The second-order valence-corrected chi connectivity index (χ2v) is 7.82. The molecule has 0 saturated carbocycles. The SMILES string of the molecule is CCOC(=O)Oc1cnc(Cl)c2c(COc3cc(-c4nc(C)no4)ccc3C)csc12. The number of halogens is 1. The molecule has 10 heteroatoms. The van der Waals surface area contributed by atoms with Crippen LogP contribution in [0, 0.1) is 13.8 Å². The van der Waals surface area contributed by atoms with Gasteiger partial charge in [-0.25, -0.2) is 9.78 Å². The molecule has 8 nitrogen and oxygen atoms in total. The number of hydrogen-bond donors (Lipinski definition) is 0. The molecule has 0 bridgehead atoms. The first-order valence-corrected chi connectivity index (χ1v) is 10.6. The molecule has 160 valence electrons. The Bertz CT molecular complexity index is 1250. The van der Waals surface area contributed by atoms with Gasteiger partial charge in [-0.1, -0.05) is 22.8 Å². The standard InChI is InChI=1S/C21H18ClN3O5S/c1-4-27-21(26)29-16-8-23-19(22)17-14(10-31-18(16)17)9-28-15-7-13(6-5-11(15)2)20-24-12(3)25-30-20/h5-8,10H,4,9H2,1-3H3. The molecule has 0 aliphatic carbocycles. The molecular weight excluding hydrogens is 442 g/mol. The van der Waals surface area contributed by atoms with Crippen molar-refractivity contribution in [2.24, 2.45) is 0 Å². The number of nitrogens with zero attached hydrogens (tertiary/aromatic N) is 3. The van der Waals surface area contributed by atoms with Crippen LogP contribution in [-0.2, 0) is 11.3 Å². The lowest BCUT2D eigenvalue weighted by atomic mass is 10.1. The van der Waals surface area contributed by atoms with E-state index in [1.807, 2.05) is 30.5 Å². The van der Waals surface area contributed by atoms with Crippen molar-refractivity contribution in [3.8, 4) is 23.0 Å². The van der Waals surface area contributed by atoms with Crippen LogP contribution in [-0.4, -0.2) is 27.9 Å². The van der Waals surface area contributed by atoms with Crippen LogP contribution in [0.5, 0.6) is 11.5 Å². The molecule has 0 aliphatic rings. The molecule has 0 fully saturated rings. The summed E-state index contributed by atoms with van der Waals surface area (Å²) >= 11 is 7.72. The lowest BCUT2D eigenvalue weighted by molar-refractivity contribution is 0.105. The third kappa shape index (κ3) is 4.47.